The summed E-state index contributed by atoms with van der Waals surface area (Å²) in [7, 11) is 0. The molecule has 0 amide bonds. The Bertz CT molecular complexity index is 263. The number of nitrogens with zero attached hydrogens (tertiary/aromatic N) is 3. The lowest BCUT2D eigenvalue weighted by atomic mass is 10.1. The topological polar surface area (TPSA) is 30.7 Å². The molecule has 0 N–H and O–H groups in total. The molecular formula is C10H19N3. The van der Waals surface area contributed by atoms with Crippen LogP contribution in [0.15, 0.2) is 0 Å². The van der Waals surface area contributed by atoms with Crippen LogP contribution in [0.25, 0.3) is 0 Å². The average molecular weight is 181 g/mol. The van der Waals surface area contributed by atoms with E-state index in [1.54, 1.807) is 0 Å². The number of hydrogen-bond donors (Lipinski definition) is 0. The zero-order chi connectivity index (χ0) is 9.84. The predicted molar refractivity (Wildman–Crippen MR) is 53.8 cm³/mol. The number of aromatic nitrogens is 3. The Morgan fingerprint density at radius 2 is 2.00 bits per heavy atom. The van der Waals surface area contributed by atoms with Gasteiger partial charge >= 0.3 is 0 Å². The van der Waals surface area contributed by atoms with Crippen molar-refractivity contribution >= 4 is 0 Å². The van der Waals surface area contributed by atoms with Crippen LogP contribution in [0.2, 0.25) is 0 Å². The van der Waals surface area contributed by atoms with Crippen LogP contribution >= 0.6 is 0 Å². The molecule has 0 aliphatic rings. The summed E-state index contributed by atoms with van der Waals surface area (Å²) in [5.41, 5.74) is 2.48. The van der Waals surface area contributed by atoms with Gasteiger partial charge in [-0.2, -0.15) is 0 Å². The molecule has 1 heterocycles. The summed E-state index contributed by atoms with van der Waals surface area (Å²) >= 11 is 0. The molecule has 0 saturated carbocycles. The molecular weight excluding hydrogens is 162 g/mol. The maximum absolute atomic E-state index is 4.19. The second-order valence-corrected chi connectivity index (χ2v) is 3.62. The van der Waals surface area contributed by atoms with Crippen molar-refractivity contribution in [1.29, 1.82) is 0 Å². The smallest absolute Gasteiger partial charge is 0.0856 e. The fourth-order valence-corrected chi connectivity index (χ4v) is 1.53. The average Bonchev–Trinajstić information content (AvgIpc) is 2.48. The highest BCUT2D eigenvalue weighted by molar-refractivity contribution is 5.10. The summed E-state index contributed by atoms with van der Waals surface area (Å²) in [5, 5.41) is 8.36. The van der Waals surface area contributed by atoms with Crippen molar-refractivity contribution in [3.8, 4) is 0 Å². The predicted octanol–water partition coefficient (Wildman–Crippen LogP) is 2.37. The van der Waals surface area contributed by atoms with Gasteiger partial charge < -0.3 is 0 Å². The molecule has 74 valence electrons. The number of rotatable bonds is 4. The van der Waals surface area contributed by atoms with Crippen LogP contribution in [0.5, 0.6) is 0 Å². The summed E-state index contributed by atoms with van der Waals surface area (Å²) in [4.78, 5) is 0. The van der Waals surface area contributed by atoms with E-state index in [9.17, 15) is 0 Å². The Morgan fingerprint density at radius 1 is 1.31 bits per heavy atom. The summed E-state index contributed by atoms with van der Waals surface area (Å²) < 4.78 is 2.04. The van der Waals surface area contributed by atoms with Gasteiger partial charge in [0.2, 0.25) is 0 Å². The second-order valence-electron chi connectivity index (χ2n) is 3.62. The Hall–Kier alpha value is -0.860. The minimum Gasteiger partial charge on any atom is -0.247 e. The van der Waals surface area contributed by atoms with Crippen LogP contribution < -0.4 is 0 Å². The van der Waals surface area contributed by atoms with Crippen molar-refractivity contribution < 1.29 is 0 Å². The van der Waals surface area contributed by atoms with Gasteiger partial charge in [0, 0.05) is 6.04 Å². The minimum absolute atomic E-state index is 0.425. The highest BCUT2D eigenvalue weighted by Gasteiger charge is 2.11. The van der Waals surface area contributed by atoms with E-state index >= 15 is 0 Å². The highest BCUT2D eigenvalue weighted by Crippen LogP contribution is 2.13. The van der Waals surface area contributed by atoms with Gasteiger partial charge in [-0.25, -0.2) is 4.68 Å². The van der Waals surface area contributed by atoms with Crippen LogP contribution in [0.3, 0.4) is 0 Å². The molecule has 0 radical (unpaired) electrons. The minimum atomic E-state index is 0.425. The molecule has 1 aromatic heterocycles. The van der Waals surface area contributed by atoms with Gasteiger partial charge in [0.05, 0.1) is 11.4 Å². The summed E-state index contributed by atoms with van der Waals surface area (Å²) in [6.07, 6.45) is 3.24. The van der Waals surface area contributed by atoms with E-state index in [0.29, 0.717) is 6.04 Å². The quantitative estimate of drug-likeness (QED) is 0.714. The fraction of sp³-hybridized carbons (Fsp3) is 0.800. The molecule has 13 heavy (non-hydrogen) atoms. The zero-order valence-corrected chi connectivity index (χ0v) is 9.04. The Balaban J connectivity index is 2.99. The first-order valence-electron chi connectivity index (χ1n) is 5.13. The summed E-state index contributed by atoms with van der Waals surface area (Å²) in [6, 6.07) is 0.425. The van der Waals surface area contributed by atoms with E-state index < -0.39 is 0 Å². The monoisotopic (exact) mass is 181 g/mol. The third kappa shape index (κ3) is 2.08. The van der Waals surface area contributed by atoms with Crippen LogP contribution in [-0.2, 0) is 12.8 Å². The largest absolute Gasteiger partial charge is 0.247 e. The Morgan fingerprint density at radius 3 is 2.46 bits per heavy atom. The van der Waals surface area contributed by atoms with Gasteiger partial charge in [0.25, 0.3) is 0 Å². The van der Waals surface area contributed by atoms with Gasteiger partial charge in [0.15, 0.2) is 0 Å². The fourth-order valence-electron chi connectivity index (χ4n) is 1.53. The van der Waals surface area contributed by atoms with Crippen molar-refractivity contribution in [3.63, 3.8) is 0 Å². The lowest BCUT2D eigenvalue weighted by molar-refractivity contribution is 0.492. The molecule has 0 fully saturated rings. The van der Waals surface area contributed by atoms with Crippen molar-refractivity contribution in [1.82, 2.24) is 15.0 Å². The molecule has 3 nitrogen and oxygen atoms in total. The van der Waals surface area contributed by atoms with Gasteiger partial charge in [0.1, 0.15) is 0 Å². The summed E-state index contributed by atoms with van der Waals surface area (Å²) in [5.74, 6) is 0. The number of aryl methyl sites for hydroxylation is 1. The maximum atomic E-state index is 4.19. The number of hydrogen-bond acceptors (Lipinski definition) is 2. The van der Waals surface area contributed by atoms with E-state index in [-0.39, 0.29) is 0 Å². The molecule has 1 rings (SSSR count). The molecule has 0 atom stereocenters. The van der Waals surface area contributed by atoms with E-state index in [2.05, 4.69) is 38.0 Å². The van der Waals surface area contributed by atoms with E-state index in [0.717, 1.165) is 25.0 Å². The van der Waals surface area contributed by atoms with Crippen molar-refractivity contribution in [3.05, 3.63) is 11.4 Å². The van der Waals surface area contributed by atoms with Crippen molar-refractivity contribution in [2.45, 2.75) is 53.0 Å². The normalized spacial score (nSPS) is 11.2. The molecule has 0 bridgehead atoms. The SMILES string of the molecule is CCCc1c(CC)nnn1C(C)C. The lowest BCUT2D eigenvalue weighted by Crippen LogP contribution is -2.08. The van der Waals surface area contributed by atoms with Crippen molar-refractivity contribution in [2.75, 3.05) is 0 Å². The van der Waals surface area contributed by atoms with Crippen LogP contribution in [0.4, 0.5) is 0 Å². The van der Waals surface area contributed by atoms with E-state index in [1.165, 1.54) is 5.69 Å². The Kier molecular flexibility index (Phi) is 3.46. The second kappa shape index (κ2) is 4.40. The first-order chi connectivity index (χ1) is 6.20. The molecule has 0 saturated heterocycles. The van der Waals surface area contributed by atoms with Crippen LogP contribution in [0, 0.1) is 0 Å². The first kappa shape index (κ1) is 10.2. The molecule has 0 unspecified atom stereocenters. The molecule has 3 heteroatoms. The third-order valence-electron chi connectivity index (χ3n) is 2.18. The van der Waals surface area contributed by atoms with Gasteiger partial charge in [-0.1, -0.05) is 25.5 Å². The Labute approximate surface area is 80.1 Å². The maximum Gasteiger partial charge on any atom is 0.0856 e. The van der Waals surface area contributed by atoms with Gasteiger partial charge in [-0.05, 0) is 26.7 Å². The van der Waals surface area contributed by atoms with E-state index in [4.69, 9.17) is 0 Å². The van der Waals surface area contributed by atoms with E-state index in [1.807, 2.05) is 4.68 Å². The summed E-state index contributed by atoms with van der Waals surface area (Å²) in [6.45, 7) is 8.62. The van der Waals surface area contributed by atoms with Crippen LogP contribution in [0.1, 0.15) is 51.5 Å². The molecule has 1 aromatic rings. The van der Waals surface area contributed by atoms with Gasteiger partial charge in [-0.3, -0.25) is 0 Å². The molecule has 0 aromatic carbocycles. The van der Waals surface area contributed by atoms with Crippen molar-refractivity contribution in [2.24, 2.45) is 0 Å². The molecule has 0 aliphatic heterocycles. The third-order valence-corrected chi connectivity index (χ3v) is 2.18. The van der Waals surface area contributed by atoms with Gasteiger partial charge in [-0.15, -0.1) is 5.10 Å². The first-order valence-corrected chi connectivity index (χ1v) is 5.13. The lowest BCUT2D eigenvalue weighted by Gasteiger charge is -2.09. The zero-order valence-electron chi connectivity index (χ0n) is 9.04. The molecule has 0 spiro atoms. The van der Waals surface area contributed by atoms with Crippen LogP contribution in [-0.4, -0.2) is 15.0 Å². The standard InChI is InChI=1S/C10H19N3/c1-5-7-10-9(6-2)11-12-13(10)8(3)4/h8H,5-7H2,1-4H3. The highest BCUT2D eigenvalue weighted by atomic mass is 15.4. The molecule has 0 aliphatic carbocycles.